The standard InChI is InChI=1S/C5H6.C3H9N.Pt/c1-2-4-5-3-1;1-4(2)3;/h1-4H,5H2;1-3H3;. The van der Waals surface area contributed by atoms with E-state index in [1.165, 1.54) is 0 Å². The normalized spacial score (nSPS) is 12.4. The molecule has 10 heavy (non-hydrogen) atoms. The first-order valence-corrected chi connectivity index (χ1v) is 3.16. The van der Waals surface area contributed by atoms with E-state index in [1.807, 2.05) is 26.0 Å². The summed E-state index contributed by atoms with van der Waals surface area (Å²) in [5, 5.41) is 0. The zero-order chi connectivity index (χ0) is 7.11. The van der Waals surface area contributed by atoms with Crippen molar-refractivity contribution in [3.63, 3.8) is 0 Å². The summed E-state index contributed by atoms with van der Waals surface area (Å²) in [6.07, 6.45) is 9.50. The Morgan fingerprint density at radius 2 is 1.30 bits per heavy atom. The van der Waals surface area contributed by atoms with Crippen LogP contribution < -0.4 is 0 Å². The fourth-order valence-electron chi connectivity index (χ4n) is 0.393. The molecule has 0 unspecified atom stereocenters. The van der Waals surface area contributed by atoms with E-state index in [0.29, 0.717) is 0 Å². The molecular formula is C8H15NPt. The molecule has 1 aliphatic carbocycles. The number of nitrogens with zero attached hydrogens (tertiary/aromatic N) is 1. The summed E-state index contributed by atoms with van der Waals surface area (Å²) in [7, 11) is 6.00. The Morgan fingerprint density at radius 3 is 1.40 bits per heavy atom. The third-order valence-electron chi connectivity index (χ3n) is 0.655. The molecule has 1 nitrogen and oxygen atoms in total. The molecule has 0 saturated heterocycles. The van der Waals surface area contributed by atoms with Gasteiger partial charge in [-0.15, -0.1) is 0 Å². The van der Waals surface area contributed by atoms with Gasteiger partial charge in [-0.1, -0.05) is 24.3 Å². The van der Waals surface area contributed by atoms with Crippen LogP contribution in [0.15, 0.2) is 24.3 Å². The van der Waals surface area contributed by atoms with E-state index in [2.05, 4.69) is 24.3 Å². The van der Waals surface area contributed by atoms with Crippen LogP contribution in [-0.2, 0) is 21.1 Å². The Labute approximate surface area is 78.1 Å². The van der Waals surface area contributed by atoms with Crippen LogP contribution in [0.25, 0.3) is 0 Å². The molecule has 62 valence electrons. The monoisotopic (exact) mass is 320 g/mol. The summed E-state index contributed by atoms with van der Waals surface area (Å²) >= 11 is 0. The zero-order valence-corrected chi connectivity index (χ0v) is 9.05. The van der Waals surface area contributed by atoms with E-state index >= 15 is 0 Å². The largest absolute Gasteiger partial charge is 0.312 e. The molecule has 1 aliphatic rings. The third kappa shape index (κ3) is 15.7. The van der Waals surface area contributed by atoms with Gasteiger partial charge in [-0.05, 0) is 27.6 Å². The average Bonchev–Trinajstić information content (AvgIpc) is 2.11. The molecule has 0 atom stereocenters. The van der Waals surface area contributed by atoms with Crippen molar-refractivity contribution in [3.05, 3.63) is 24.3 Å². The number of rotatable bonds is 0. The van der Waals surface area contributed by atoms with E-state index < -0.39 is 0 Å². The van der Waals surface area contributed by atoms with Gasteiger partial charge in [0.1, 0.15) is 0 Å². The van der Waals surface area contributed by atoms with Crippen LogP contribution >= 0.6 is 0 Å². The second kappa shape index (κ2) is 9.13. The first-order valence-electron chi connectivity index (χ1n) is 3.16. The molecule has 2 heteroatoms. The van der Waals surface area contributed by atoms with Crippen LogP contribution in [0.5, 0.6) is 0 Å². The Bertz CT molecular complexity index is 93.1. The maximum Gasteiger partial charge on any atom is 0 e. The molecule has 0 amide bonds. The zero-order valence-electron chi connectivity index (χ0n) is 6.78. The van der Waals surface area contributed by atoms with Crippen LogP contribution in [0.3, 0.4) is 0 Å². The molecule has 0 bridgehead atoms. The fourth-order valence-corrected chi connectivity index (χ4v) is 0.393. The Balaban J connectivity index is 0. The summed E-state index contributed by atoms with van der Waals surface area (Å²) in [6.45, 7) is 0. The van der Waals surface area contributed by atoms with Gasteiger partial charge < -0.3 is 4.90 Å². The van der Waals surface area contributed by atoms with Crippen LogP contribution in [0.4, 0.5) is 0 Å². The van der Waals surface area contributed by atoms with Crippen molar-refractivity contribution < 1.29 is 21.1 Å². The second-order valence-corrected chi connectivity index (χ2v) is 2.43. The van der Waals surface area contributed by atoms with Crippen molar-refractivity contribution in [2.45, 2.75) is 6.42 Å². The predicted octanol–water partition coefficient (Wildman–Crippen LogP) is 1.68. The Morgan fingerprint density at radius 1 is 1.00 bits per heavy atom. The van der Waals surface area contributed by atoms with Gasteiger partial charge in [-0.25, -0.2) is 0 Å². The van der Waals surface area contributed by atoms with Crippen molar-refractivity contribution in [2.24, 2.45) is 0 Å². The number of hydrogen-bond acceptors (Lipinski definition) is 1. The molecule has 0 aromatic carbocycles. The molecular weight excluding hydrogens is 305 g/mol. The van der Waals surface area contributed by atoms with Gasteiger partial charge in [0.15, 0.2) is 0 Å². The fraction of sp³-hybridized carbons (Fsp3) is 0.500. The summed E-state index contributed by atoms with van der Waals surface area (Å²) in [5.74, 6) is 0. The number of allylic oxidation sites excluding steroid dienone is 4. The molecule has 0 heterocycles. The van der Waals surface area contributed by atoms with Crippen LogP contribution in [-0.4, -0.2) is 26.0 Å². The smallest absolute Gasteiger partial charge is 0 e. The Hall–Kier alpha value is 0.128. The van der Waals surface area contributed by atoms with Crippen LogP contribution in [0, 0.1) is 0 Å². The van der Waals surface area contributed by atoms with Crippen molar-refractivity contribution in [2.75, 3.05) is 21.1 Å². The van der Waals surface area contributed by atoms with Gasteiger partial charge in [-0.2, -0.15) is 0 Å². The first-order chi connectivity index (χ1) is 4.23. The van der Waals surface area contributed by atoms with Gasteiger partial charge in [0, 0.05) is 21.1 Å². The van der Waals surface area contributed by atoms with Crippen molar-refractivity contribution in [3.8, 4) is 0 Å². The summed E-state index contributed by atoms with van der Waals surface area (Å²) < 4.78 is 0. The third-order valence-corrected chi connectivity index (χ3v) is 0.655. The molecule has 0 saturated carbocycles. The van der Waals surface area contributed by atoms with Crippen molar-refractivity contribution in [1.82, 2.24) is 4.90 Å². The van der Waals surface area contributed by atoms with Gasteiger partial charge in [0.25, 0.3) is 0 Å². The van der Waals surface area contributed by atoms with Crippen LogP contribution in [0.2, 0.25) is 0 Å². The second-order valence-electron chi connectivity index (χ2n) is 2.43. The van der Waals surface area contributed by atoms with Crippen LogP contribution in [0.1, 0.15) is 6.42 Å². The van der Waals surface area contributed by atoms with E-state index in [-0.39, 0.29) is 21.1 Å². The molecule has 0 aromatic heterocycles. The van der Waals surface area contributed by atoms with E-state index in [9.17, 15) is 0 Å². The summed E-state index contributed by atoms with van der Waals surface area (Å²) in [4.78, 5) is 2.00. The molecule has 0 aliphatic heterocycles. The van der Waals surface area contributed by atoms with Crippen molar-refractivity contribution >= 4 is 0 Å². The Kier molecular flexibility index (Phi) is 11.7. The first kappa shape index (κ1) is 12.8. The molecule has 0 radical (unpaired) electrons. The molecule has 0 spiro atoms. The van der Waals surface area contributed by atoms with Gasteiger partial charge in [0.05, 0.1) is 0 Å². The molecule has 0 aromatic rings. The molecule has 1 rings (SSSR count). The average molecular weight is 320 g/mol. The van der Waals surface area contributed by atoms with E-state index in [4.69, 9.17) is 0 Å². The van der Waals surface area contributed by atoms with Crippen molar-refractivity contribution in [1.29, 1.82) is 0 Å². The van der Waals surface area contributed by atoms with Gasteiger partial charge in [0.2, 0.25) is 0 Å². The van der Waals surface area contributed by atoms with Gasteiger partial charge in [-0.3, -0.25) is 0 Å². The minimum absolute atomic E-state index is 0. The summed E-state index contributed by atoms with van der Waals surface area (Å²) in [5.41, 5.74) is 0. The molecule has 0 fully saturated rings. The SMILES string of the molecule is C1=CCC=C1.CN(C)C.[Pt]. The predicted molar refractivity (Wildman–Crippen MR) is 42.5 cm³/mol. The van der Waals surface area contributed by atoms with E-state index in [0.717, 1.165) is 6.42 Å². The minimum Gasteiger partial charge on any atom is -0.312 e. The summed E-state index contributed by atoms with van der Waals surface area (Å²) in [6, 6.07) is 0. The quantitative estimate of drug-likeness (QED) is 0.656. The minimum atomic E-state index is 0. The maximum absolute atomic E-state index is 2.12. The topological polar surface area (TPSA) is 3.24 Å². The molecule has 0 N–H and O–H groups in total. The number of hydrogen-bond donors (Lipinski definition) is 0. The van der Waals surface area contributed by atoms with E-state index in [1.54, 1.807) is 0 Å². The maximum atomic E-state index is 2.12. The van der Waals surface area contributed by atoms with Gasteiger partial charge >= 0.3 is 0 Å².